The third-order valence-electron chi connectivity index (χ3n) is 6.39. The van der Waals surface area contributed by atoms with Gasteiger partial charge in [-0.2, -0.15) is 0 Å². The Morgan fingerprint density at radius 2 is 1.50 bits per heavy atom. The molecule has 6 nitrogen and oxygen atoms in total. The maximum atomic E-state index is 13.0. The second-order valence-electron chi connectivity index (χ2n) is 8.75. The smallest absolute Gasteiger partial charge is 0.234 e. The highest BCUT2D eigenvalue weighted by molar-refractivity contribution is 6.05. The highest BCUT2D eigenvalue weighted by Gasteiger charge is 2.52. The summed E-state index contributed by atoms with van der Waals surface area (Å²) in [6.45, 7) is 6.91. The van der Waals surface area contributed by atoms with E-state index in [-0.39, 0.29) is 37.0 Å². The van der Waals surface area contributed by atoms with Crippen molar-refractivity contribution in [2.75, 3.05) is 19.9 Å². The van der Waals surface area contributed by atoms with Crippen LogP contribution in [0.1, 0.15) is 36.5 Å². The summed E-state index contributed by atoms with van der Waals surface area (Å²) in [6, 6.07) is 14.2. The van der Waals surface area contributed by atoms with Gasteiger partial charge in [0, 0.05) is 19.6 Å². The van der Waals surface area contributed by atoms with Crippen LogP contribution >= 0.6 is 0 Å². The number of ether oxygens (including phenoxy) is 2. The molecule has 0 saturated carbocycles. The third kappa shape index (κ3) is 3.35. The first-order valence-electron chi connectivity index (χ1n) is 10.5. The fourth-order valence-corrected chi connectivity index (χ4v) is 4.67. The fourth-order valence-electron chi connectivity index (χ4n) is 4.67. The number of amides is 2. The molecule has 0 aliphatic carbocycles. The van der Waals surface area contributed by atoms with Crippen LogP contribution in [0.15, 0.2) is 42.5 Å². The Bertz CT molecular complexity index is 961. The van der Waals surface area contributed by atoms with E-state index < -0.39 is 0 Å². The van der Waals surface area contributed by atoms with Gasteiger partial charge >= 0.3 is 0 Å². The van der Waals surface area contributed by atoms with Crippen molar-refractivity contribution >= 4 is 11.8 Å². The summed E-state index contributed by atoms with van der Waals surface area (Å²) in [5.41, 5.74) is 3.42. The molecule has 3 aliphatic rings. The van der Waals surface area contributed by atoms with E-state index in [4.69, 9.17) is 9.47 Å². The topological polar surface area (TPSA) is 59.1 Å². The minimum Gasteiger partial charge on any atom is -0.454 e. The molecule has 3 aliphatic heterocycles. The zero-order valence-corrected chi connectivity index (χ0v) is 17.3. The van der Waals surface area contributed by atoms with Gasteiger partial charge in [-0.15, -0.1) is 0 Å². The van der Waals surface area contributed by atoms with E-state index in [0.717, 1.165) is 12.1 Å². The van der Waals surface area contributed by atoms with Crippen LogP contribution in [0.4, 0.5) is 0 Å². The Morgan fingerprint density at radius 1 is 0.867 bits per heavy atom. The van der Waals surface area contributed by atoms with Crippen molar-refractivity contribution in [1.29, 1.82) is 0 Å². The standard InChI is InChI=1S/C24H26N2O4/c1-15(2)18-6-3-16(4-7-18)10-25-12-19-20(13-25)24(28)26(23(19)27)11-17-5-8-21-22(9-17)30-14-29-21/h3-9,15,19-20H,10-14H2,1-2H3/t19-,20+. The molecule has 0 aromatic heterocycles. The monoisotopic (exact) mass is 406 g/mol. The maximum absolute atomic E-state index is 13.0. The minimum absolute atomic E-state index is 0.0553. The zero-order chi connectivity index (χ0) is 20.8. The van der Waals surface area contributed by atoms with Crippen molar-refractivity contribution in [2.24, 2.45) is 11.8 Å². The number of nitrogens with zero attached hydrogens (tertiary/aromatic N) is 2. The van der Waals surface area contributed by atoms with Gasteiger partial charge in [0.05, 0.1) is 18.4 Å². The molecule has 2 fully saturated rings. The lowest BCUT2D eigenvalue weighted by Gasteiger charge is -2.21. The van der Waals surface area contributed by atoms with Crippen LogP contribution in [-0.2, 0) is 22.7 Å². The van der Waals surface area contributed by atoms with Gasteiger partial charge in [0.1, 0.15) is 0 Å². The maximum Gasteiger partial charge on any atom is 0.234 e. The first-order chi connectivity index (χ1) is 14.5. The van der Waals surface area contributed by atoms with Crippen LogP contribution in [0, 0.1) is 11.8 Å². The average Bonchev–Trinajstić information content (AvgIpc) is 3.42. The highest BCUT2D eigenvalue weighted by atomic mass is 16.7. The van der Waals surface area contributed by atoms with Crippen molar-refractivity contribution in [3.05, 3.63) is 59.2 Å². The van der Waals surface area contributed by atoms with E-state index in [9.17, 15) is 9.59 Å². The highest BCUT2D eigenvalue weighted by Crippen LogP contribution is 2.37. The van der Waals surface area contributed by atoms with Crippen molar-refractivity contribution < 1.29 is 19.1 Å². The molecule has 2 aromatic carbocycles. The molecule has 0 unspecified atom stereocenters. The number of hydrogen-bond donors (Lipinski definition) is 0. The lowest BCUT2D eigenvalue weighted by Crippen LogP contribution is -2.35. The zero-order valence-electron chi connectivity index (χ0n) is 17.3. The molecule has 0 N–H and O–H groups in total. The van der Waals surface area contributed by atoms with Gasteiger partial charge in [-0.1, -0.05) is 44.2 Å². The third-order valence-corrected chi connectivity index (χ3v) is 6.39. The number of carbonyl (C=O) groups is 2. The van der Waals surface area contributed by atoms with Crippen LogP contribution in [-0.4, -0.2) is 41.5 Å². The SMILES string of the molecule is CC(C)c1ccc(CN2C[C@@H]3C(=O)N(Cc4ccc5c(c4)OCO5)C(=O)[C@@H]3C2)cc1. The summed E-state index contributed by atoms with van der Waals surface area (Å²) >= 11 is 0. The van der Waals surface area contributed by atoms with Crippen molar-refractivity contribution in [3.63, 3.8) is 0 Å². The lowest BCUT2D eigenvalue weighted by atomic mass is 10.00. The van der Waals surface area contributed by atoms with Crippen LogP contribution < -0.4 is 9.47 Å². The van der Waals surface area contributed by atoms with Crippen LogP contribution in [0.3, 0.4) is 0 Å². The predicted octanol–water partition coefficient (Wildman–Crippen LogP) is 3.16. The molecular weight excluding hydrogens is 380 g/mol. The number of likely N-dealkylation sites (tertiary alicyclic amines) is 2. The molecule has 5 rings (SSSR count). The average molecular weight is 406 g/mol. The van der Waals surface area contributed by atoms with Gasteiger partial charge in [0.25, 0.3) is 0 Å². The molecule has 0 spiro atoms. The van der Waals surface area contributed by atoms with E-state index in [1.165, 1.54) is 16.0 Å². The predicted molar refractivity (Wildman–Crippen MR) is 111 cm³/mol. The first-order valence-corrected chi connectivity index (χ1v) is 10.5. The Morgan fingerprint density at radius 3 is 2.17 bits per heavy atom. The van der Waals surface area contributed by atoms with Gasteiger partial charge < -0.3 is 9.47 Å². The molecule has 2 amide bonds. The normalized spacial score (nSPS) is 23.0. The summed E-state index contributed by atoms with van der Waals surface area (Å²) < 4.78 is 10.7. The van der Waals surface area contributed by atoms with Gasteiger partial charge in [-0.3, -0.25) is 19.4 Å². The molecule has 0 radical (unpaired) electrons. The van der Waals surface area contributed by atoms with Gasteiger partial charge in [-0.25, -0.2) is 0 Å². The molecule has 2 saturated heterocycles. The Hall–Kier alpha value is -2.86. The number of imide groups is 1. The Kier molecular flexibility index (Phi) is 4.74. The van der Waals surface area contributed by atoms with E-state index in [2.05, 4.69) is 43.0 Å². The van der Waals surface area contributed by atoms with Crippen LogP contribution in [0.2, 0.25) is 0 Å². The van der Waals surface area contributed by atoms with Gasteiger partial charge in [0.15, 0.2) is 11.5 Å². The van der Waals surface area contributed by atoms with E-state index in [1.54, 1.807) is 0 Å². The van der Waals surface area contributed by atoms with Crippen molar-refractivity contribution in [3.8, 4) is 11.5 Å². The number of rotatable bonds is 5. The van der Waals surface area contributed by atoms with Gasteiger partial charge in [0.2, 0.25) is 18.6 Å². The summed E-state index contributed by atoms with van der Waals surface area (Å²) in [7, 11) is 0. The quantitative estimate of drug-likeness (QED) is 0.714. The van der Waals surface area contributed by atoms with Crippen molar-refractivity contribution in [2.45, 2.75) is 32.9 Å². The molecule has 30 heavy (non-hydrogen) atoms. The molecular formula is C24H26N2O4. The fraction of sp³-hybridized carbons (Fsp3) is 0.417. The molecule has 156 valence electrons. The summed E-state index contributed by atoms with van der Waals surface area (Å²) in [4.78, 5) is 29.6. The first kappa shape index (κ1) is 19.1. The van der Waals surface area contributed by atoms with E-state index in [0.29, 0.717) is 30.5 Å². The second-order valence-corrected chi connectivity index (χ2v) is 8.75. The number of carbonyl (C=O) groups excluding carboxylic acids is 2. The summed E-state index contributed by atoms with van der Waals surface area (Å²) in [5.74, 6) is 1.30. The van der Waals surface area contributed by atoms with Crippen molar-refractivity contribution in [1.82, 2.24) is 9.80 Å². The van der Waals surface area contributed by atoms with Crippen LogP contribution in [0.5, 0.6) is 11.5 Å². The molecule has 0 bridgehead atoms. The number of hydrogen-bond acceptors (Lipinski definition) is 5. The number of benzene rings is 2. The van der Waals surface area contributed by atoms with Crippen LogP contribution in [0.25, 0.3) is 0 Å². The second kappa shape index (κ2) is 7.43. The minimum atomic E-state index is -0.235. The molecule has 2 atom stereocenters. The lowest BCUT2D eigenvalue weighted by molar-refractivity contribution is -0.141. The largest absolute Gasteiger partial charge is 0.454 e. The summed E-state index contributed by atoms with van der Waals surface area (Å²) in [6.07, 6.45) is 0. The Balaban J connectivity index is 1.23. The van der Waals surface area contributed by atoms with E-state index in [1.807, 2.05) is 18.2 Å². The molecule has 6 heteroatoms. The van der Waals surface area contributed by atoms with E-state index >= 15 is 0 Å². The molecule has 3 heterocycles. The molecule has 2 aromatic rings. The number of fused-ring (bicyclic) bond motifs is 2. The summed E-state index contributed by atoms with van der Waals surface area (Å²) in [5, 5.41) is 0. The Labute approximate surface area is 176 Å². The van der Waals surface area contributed by atoms with Gasteiger partial charge in [-0.05, 0) is 34.7 Å².